The highest BCUT2D eigenvalue weighted by molar-refractivity contribution is 5.94. The van der Waals surface area contributed by atoms with Gasteiger partial charge in [-0.3, -0.25) is 4.79 Å². The molecule has 1 atom stereocenters. The average molecular weight is 232 g/mol. The van der Waals surface area contributed by atoms with Crippen molar-refractivity contribution in [2.45, 2.75) is 20.0 Å². The van der Waals surface area contributed by atoms with Crippen LogP contribution in [0.4, 0.5) is 0 Å². The summed E-state index contributed by atoms with van der Waals surface area (Å²) < 4.78 is 0. The minimum Gasteiger partial charge on any atom is -0.391 e. The molecule has 0 fully saturated rings. The maximum atomic E-state index is 11.7. The van der Waals surface area contributed by atoms with Crippen molar-refractivity contribution in [2.24, 2.45) is 5.92 Å². The molecule has 0 bridgehead atoms. The molecule has 1 unspecified atom stereocenters. The number of carbonyl (C=O) groups excluding carboxylic acids is 1. The number of benzene rings is 1. The Morgan fingerprint density at radius 3 is 2.82 bits per heavy atom. The van der Waals surface area contributed by atoms with E-state index in [0.717, 1.165) is 0 Å². The summed E-state index contributed by atoms with van der Waals surface area (Å²) in [5.74, 6) is -0.178. The van der Waals surface area contributed by atoms with E-state index in [1.807, 2.05) is 19.9 Å². The Kier molecular flexibility index (Phi) is 4.68. The highest BCUT2D eigenvalue weighted by Gasteiger charge is 2.11. The zero-order chi connectivity index (χ0) is 12.8. The van der Waals surface area contributed by atoms with E-state index in [-0.39, 0.29) is 18.4 Å². The molecule has 0 saturated carbocycles. The standard InChI is InChI=1S/C13H16N2O2/c1-9(2)12(16)8-15-13(17)11-5-3-4-10(6-11)7-14/h3-6,9,12,16H,8H2,1-2H3,(H,15,17). The van der Waals surface area contributed by atoms with Crippen molar-refractivity contribution >= 4 is 5.91 Å². The molecule has 1 aromatic rings. The van der Waals surface area contributed by atoms with Crippen LogP contribution in [0.5, 0.6) is 0 Å². The average Bonchev–Trinajstić information content (AvgIpc) is 2.35. The number of rotatable bonds is 4. The zero-order valence-corrected chi connectivity index (χ0v) is 9.97. The van der Waals surface area contributed by atoms with Crippen LogP contribution >= 0.6 is 0 Å². The Morgan fingerprint density at radius 2 is 2.24 bits per heavy atom. The molecule has 1 rings (SSSR count). The van der Waals surface area contributed by atoms with Gasteiger partial charge in [-0.05, 0) is 24.1 Å². The molecule has 1 amide bonds. The summed E-state index contributed by atoms with van der Waals surface area (Å²) in [4.78, 5) is 11.7. The Bertz CT molecular complexity index is 435. The maximum Gasteiger partial charge on any atom is 0.251 e. The fraction of sp³-hybridized carbons (Fsp3) is 0.385. The first-order valence-electron chi connectivity index (χ1n) is 5.51. The van der Waals surface area contributed by atoms with Crippen LogP contribution in [0.1, 0.15) is 29.8 Å². The van der Waals surface area contributed by atoms with E-state index in [2.05, 4.69) is 5.32 Å². The highest BCUT2D eigenvalue weighted by Crippen LogP contribution is 2.04. The summed E-state index contributed by atoms with van der Waals surface area (Å²) in [5.41, 5.74) is 0.877. The second kappa shape index (κ2) is 6.02. The van der Waals surface area contributed by atoms with Crippen molar-refractivity contribution in [3.63, 3.8) is 0 Å². The number of nitriles is 1. The van der Waals surface area contributed by atoms with Crippen molar-refractivity contribution in [3.05, 3.63) is 35.4 Å². The molecule has 0 spiro atoms. The van der Waals surface area contributed by atoms with Gasteiger partial charge in [0.15, 0.2) is 0 Å². The fourth-order valence-corrected chi connectivity index (χ4v) is 1.27. The SMILES string of the molecule is CC(C)C(O)CNC(=O)c1cccc(C#N)c1. The van der Waals surface area contributed by atoms with E-state index < -0.39 is 6.10 Å². The number of amides is 1. The Labute approximate surface area is 101 Å². The van der Waals surface area contributed by atoms with Gasteiger partial charge in [0.05, 0.1) is 17.7 Å². The molecule has 90 valence electrons. The molecule has 0 heterocycles. The predicted octanol–water partition coefficient (Wildman–Crippen LogP) is 1.30. The summed E-state index contributed by atoms with van der Waals surface area (Å²) in [6.45, 7) is 3.98. The molecule has 2 N–H and O–H groups in total. The number of aliphatic hydroxyl groups is 1. The quantitative estimate of drug-likeness (QED) is 0.822. The molecule has 0 aliphatic heterocycles. The molecule has 4 heteroatoms. The third kappa shape index (κ3) is 3.89. The minimum atomic E-state index is -0.557. The molecule has 0 saturated heterocycles. The van der Waals surface area contributed by atoms with E-state index in [1.165, 1.54) is 6.07 Å². The number of carbonyl (C=O) groups is 1. The fourth-order valence-electron chi connectivity index (χ4n) is 1.27. The molecule has 0 radical (unpaired) electrons. The van der Waals surface area contributed by atoms with E-state index >= 15 is 0 Å². The van der Waals surface area contributed by atoms with Gasteiger partial charge in [-0.1, -0.05) is 19.9 Å². The summed E-state index contributed by atoms with van der Waals surface area (Å²) in [6, 6.07) is 8.44. The smallest absolute Gasteiger partial charge is 0.251 e. The Hall–Kier alpha value is -1.86. The van der Waals surface area contributed by atoms with Gasteiger partial charge in [-0.2, -0.15) is 5.26 Å². The van der Waals surface area contributed by atoms with Crippen molar-refractivity contribution in [1.82, 2.24) is 5.32 Å². The molecular formula is C13H16N2O2. The number of hydrogen-bond donors (Lipinski definition) is 2. The van der Waals surface area contributed by atoms with Crippen LogP contribution in [-0.2, 0) is 0 Å². The lowest BCUT2D eigenvalue weighted by Gasteiger charge is -2.15. The molecule has 17 heavy (non-hydrogen) atoms. The van der Waals surface area contributed by atoms with Gasteiger partial charge >= 0.3 is 0 Å². The van der Waals surface area contributed by atoms with Crippen LogP contribution in [0, 0.1) is 17.2 Å². The molecule has 1 aromatic carbocycles. The summed E-state index contributed by atoms with van der Waals surface area (Å²) in [6.07, 6.45) is -0.557. The molecule has 0 aliphatic carbocycles. The van der Waals surface area contributed by atoms with Gasteiger partial charge < -0.3 is 10.4 Å². The second-order valence-corrected chi connectivity index (χ2v) is 4.21. The normalized spacial score (nSPS) is 11.9. The van der Waals surface area contributed by atoms with Crippen LogP contribution in [0.15, 0.2) is 24.3 Å². The van der Waals surface area contributed by atoms with Crippen LogP contribution in [0.25, 0.3) is 0 Å². The number of nitrogens with zero attached hydrogens (tertiary/aromatic N) is 1. The molecule has 4 nitrogen and oxygen atoms in total. The first kappa shape index (κ1) is 13.2. The van der Waals surface area contributed by atoms with Gasteiger partial charge in [-0.25, -0.2) is 0 Å². The minimum absolute atomic E-state index is 0.0979. The van der Waals surface area contributed by atoms with Crippen molar-refractivity contribution in [1.29, 1.82) is 5.26 Å². The number of hydrogen-bond acceptors (Lipinski definition) is 3. The first-order chi connectivity index (χ1) is 8.04. The number of nitrogens with one attached hydrogen (secondary N) is 1. The highest BCUT2D eigenvalue weighted by atomic mass is 16.3. The third-order valence-corrected chi connectivity index (χ3v) is 2.50. The zero-order valence-electron chi connectivity index (χ0n) is 9.97. The van der Waals surface area contributed by atoms with Gasteiger partial charge in [0.25, 0.3) is 5.91 Å². The largest absolute Gasteiger partial charge is 0.391 e. The summed E-state index contributed by atoms with van der Waals surface area (Å²) in [5, 5.41) is 20.9. The van der Waals surface area contributed by atoms with Crippen molar-refractivity contribution in [3.8, 4) is 6.07 Å². The van der Waals surface area contributed by atoms with Crippen LogP contribution in [-0.4, -0.2) is 23.7 Å². The molecule has 0 aromatic heterocycles. The van der Waals surface area contributed by atoms with Gasteiger partial charge in [0, 0.05) is 12.1 Å². The summed E-state index contributed by atoms with van der Waals surface area (Å²) in [7, 11) is 0. The van der Waals surface area contributed by atoms with E-state index in [1.54, 1.807) is 18.2 Å². The first-order valence-corrected chi connectivity index (χ1v) is 5.51. The monoisotopic (exact) mass is 232 g/mol. The van der Waals surface area contributed by atoms with Gasteiger partial charge in [0.2, 0.25) is 0 Å². The van der Waals surface area contributed by atoms with E-state index in [4.69, 9.17) is 5.26 Å². The van der Waals surface area contributed by atoms with E-state index in [0.29, 0.717) is 11.1 Å². The Balaban J connectivity index is 2.61. The van der Waals surface area contributed by atoms with Crippen LogP contribution in [0.2, 0.25) is 0 Å². The van der Waals surface area contributed by atoms with Gasteiger partial charge in [-0.15, -0.1) is 0 Å². The second-order valence-electron chi connectivity index (χ2n) is 4.21. The molecular weight excluding hydrogens is 216 g/mol. The summed E-state index contributed by atoms with van der Waals surface area (Å²) >= 11 is 0. The predicted molar refractivity (Wildman–Crippen MR) is 64.3 cm³/mol. The van der Waals surface area contributed by atoms with Gasteiger partial charge in [0.1, 0.15) is 0 Å². The Morgan fingerprint density at radius 1 is 1.53 bits per heavy atom. The maximum absolute atomic E-state index is 11.7. The van der Waals surface area contributed by atoms with Crippen molar-refractivity contribution < 1.29 is 9.90 Å². The number of aliphatic hydroxyl groups excluding tert-OH is 1. The lowest BCUT2D eigenvalue weighted by molar-refractivity contribution is 0.0871. The van der Waals surface area contributed by atoms with Crippen LogP contribution in [0.3, 0.4) is 0 Å². The van der Waals surface area contributed by atoms with E-state index in [9.17, 15) is 9.90 Å². The topological polar surface area (TPSA) is 73.1 Å². The van der Waals surface area contributed by atoms with Crippen molar-refractivity contribution in [2.75, 3.05) is 6.54 Å². The molecule has 0 aliphatic rings. The van der Waals surface area contributed by atoms with Crippen LogP contribution < -0.4 is 5.32 Å². The lowest BCUT2D eigenvalue weighted by atomic mass is 10.1. The third-order valence-electron chi connectivity index (χ3n) is 2.50. The lowest BCUT2D eigenvalue weighted by Crippen LogP contribution is -2.34.